The Balaban J connectivity index is 1.40. The average molecular weight is 450 g/mol. The molecule has 2 aromatic heterocycles. The van der Waals surface area contributed by atoms with Gasteiger partial charge in [-0.3, -0.25) is 14.2 Å². The number of aryl methyl sites for hydroxylation is 1. The van der Waals surface area contributed by atoms with Crippen LogP contribution in [0.1, 0.15) is 35.6 Å². The summed E-state index contributed by atoms with van der Waals surface area (Å²) in [5.74, 6) is 0.973. The van der Waals surface area contributed by atoms with Gasteiger partial charge in [0.1, 0.15) is 0 Å². The highest BCUT2D eigenvalue weighted by atomic mass is 32.1. The minimum Gasteiger partial charge on any atom is -0.352 e. The molecule has 0 saturated carbocycles. The van der Waals surface area contributed by atoms with Crippen LogP contribution in [-0.4, -0.2) is 32.1 Å². The molecule has 0 aliphatic rings. The lowest BCUT2D eigenvalue weighted by Gasteiger charge is -2.08. The van der Waals surface area contributed by atoms with Gasteiger partial charge in [0.05, 0.1) is 10.9 Å². The van der Waals surface area contributed by atoms with Crippen molar-refractivity contribution in [1.82, 2.24) is 25.0 Å². The molecule has 0 spiro atoms. The molecule has 164 valence electrons. The molecule has 0 aliphatic heterocycles. The molecule has 0 aliphatic carbocycles. The van der Waals surface area contributed by atoms with Gasteiger partial charge in [-0.15, -0.1) is 0 Å². The number of H-pyrrole nitrogens is 1. The molecule has 2 heterocycles. The summed E-state index contributed by atoms with van der Waals surface area (Å²) in [4.78, 5) is 32.4. The van der Waals surface area contributed by atoms with Gasteiger partial charge in [-0.1, -0.05) is 24.2 Å². The highest BCUT2D eigenvalue weighted by molar-refractivity contribution is 7.71. The molecule has 0 unspecified atom stereocenters. The fourth-order valence-electron chi connectivity index (χ4n) is 3.43. The molecule has 0 saturated heterocycles. The van der Waals surface area contributed by atoms with Crippen molar-refractivity contribution in [3.05, 3.63) is 74.5 Å². The summed E-state index contributed by atoms with van der Waals surface area (Å²) in [6.45, 7) is 4.80. The third-order valence-corrected chi connectivity index (χ3v) is 5.57. The zero-order valence-electron chi connectivity index (χ0n) is 17.8. The SMILES string of the molecule is CCc1noc(-c2ccc(CCNC(=O)c3ccc4c(=O)n(CC)c(=S)[nH]c4c3)cc2)n1. The number of nitrogens with zero attached hydrogens (tertiary/aromatic N) is 3. The Bertz CT molecular complexity index is 1390. The smallest absolute Gasteiger partial charge is 0.262 e. The summed E-state index contributed by atoms with van der Waals surface area (Å²) in [6.07, 6.45) is 1.40. The monoisotopic (exact) mass is 449 g/mol. The van der Waals surface area contributed by atoms with Crippen LogP contribution in [0, 0.1) is 4.77 Å². The number of benzene rings is 2. The van der Waals surface area contributed by atoms with E-state index >= 15 is 0 Å². The van der Waals surface area contributed by atoms with Crippen molar-refractivity contribution in [3.63, 3.8) is 0 Å². The van der Waals surface area contributed by atoms with Crippen LogP contribution in [-0.2, 0) is 19.4 Å². The Morgan fingerprint density at radius 1 is 1.19 bits per heavy atom. The second-order valence-electron chi connectivity index (χ2n) is 7.31. The number of hydrogen-bond donors (Lipinski definition) is 2. The van der Waals surface area contributed by atoms with Crippen LogP contribution in [0.2, 0.25) is 0 Å². The Morgan fingerprint density at radius 3 is 2.66 bits per heavy atom. The lowest BCUT2D eigenvalue weighted by Crippen LogP contribution is -2.26. The van der Waals surface area contributed by atoms with Crippen LogP contribution in [0.5, 0.6) is 0 Å². The third kappa shape index (κ3) is 4.38. The molecule has 32 heavy (non-hydrogen) atoms. The van der Waals surface area contributed by atoms with E-state index in [0.717, 1.165) is 17.5 Å². The Kier molecular flexibility index (Phi) is 6.27. The second kappa shape index (κ2) is 9.27. The van der Waals surface area contributed by atoms with E-state index in [1.807, 2.05) is 38.1 Å². The zero-order valence-corrected chi connectivity index (χ0v) is 18.7. The van der Waals surface area contributed by atoms with E-state index in [-0.39, 0.29) is 11.5 Å². The molecule has 2 aromatic carbocycles. The summed E-state index contributed by atoms with van der Waals surface area (Å²) >= 11 is 5.24. The van der Waals surface area contributed by atoms with Crippen molar-refractivity contribution >= 4 is 29.0 Å². The Morgan fingerprint density at radius 2 is 1.97 bits per heavy atom. The van der Waals surface area contributed by atoms with E-state index in [1.165, 1.54) is 4.57 Å². The topological polar surface area (TPSA) is 106 Å². The lowest BCUT2D eigenvalue weighted by atomic mass is 10.1. The minimum absolute atomic E-state index is 0.159. The fraction of sp³-hybridized carbons (Fsp3) is 0.261. The number of aromatic amines is 1. The van der Waals surface area contributed by atoms with Crippen molar-refractivity contribution in [3.8, 4) is 11.5 Å². The highest BCUT2D eigenvalue weighted by Crippen LogP contribution is 2.18. The van der Waals surface area contributed by atoms with Crippen molar-refractivity contribution < 1.29 is 9.32 Å². The summed E-state index contributed by atoms with van der Waals surface area (Å²) in [6, 6.07) is 12.8. The molecule has 9 heteroatoms. The zero-order chi connectivity index (χ0) is 22.7. The Labute approximate surface area is 189 Å². The number of aromatic nitrogens is 4. The molecule has 1 amide bonds. The van der Waals surface area contributed by atoms with Crippen molar-refractivity contribution in [2.45, 2.75) is 33.2 Å². The number of rotatable bonds is 7. The van der Waals surface area contributed by atoms with Crippen LogP contribution in [0.25, 0.3) is 22.4 Å². The first-order chi connectivity index (χ1) is 15.5. The summed E-state index contributed by atoms with van der Waals surface area (Å²) < 4.78 is 7.09. The number of nitrogens with one attached hydrogen (secondary N) is 2. The Hall–Kier alpha value is -3.59. The maximum atomic E-state index is 12.6. The molecule has 4 aromatic rings. The fourth-order valence-corrected chi connectivity index (χ4v) is 3.76. The van der Waals surface area contributed by atoms with Gasteiger partial charge in [0.25, 0.3) is 17.4 Å². The summed E-state index contributed by atoms with van der Waals surface area (Å²) in [5.41, 5.74) is 2.80. The maximum absolute atomic E-state index is 12.6. The van der Waals surface area contributed by atoms with Crippen LogP contribution < -0.4 is 10.9 Å². The van der Waals surface area contributed by atoms with Gasteiger partial charge in [-0.05, 0) is 61.5 Å². The first-order valence-corrected chi connectivity index (χ1v) is 10.9. The van der Waals surface area contributed by atoms with Gasteiger partial charge < -0.3 is 14.8 Å². The number of hydrogen-bond acceptors (Lipinski definition) is 6. The molecular formula is C23H23N5O3S. The minimum atomic E-state index is -0.208. The van der Waals surface area contributed by atoms with Crippen LogP contribution >= 0.6 is 12.2 Å². The van der Waals surface area contributed by atoms with E-state index in [4.69, 9.17) is 16.7 Å². The van der Waals surface area contributed by atoms with E-state index in [0.29, 0.717) is 52.5 Å². The molecule has 0 fully saturated rings. The molecule has 0 atom stereocenters. The van der Waals surface area contributed by atoms with E-state index in [1.54, 1.807) is 18.2 Å². The molecule has 0 bridgehead atoms. The van der Waals surface area contributed by atoms with E-state index < -0.39 is 0 Å². The van der Waals surface area contributed by atoms with Crippen molar-refractivity contribution in [2.24, 2.45) is 0 Å². The third-order valence-electron chi connectivity index (χ3n) is 5.24. The quantitative estimate of drug-likeness (QED) is 0.417. The molecule has 8 nitrogen and oxygen atoms in total. The highest BCUT2D eigenvalue weighted by Gasteiger charge is 2.10. The largest absolute Gasteiger partial charge is 0.352 e. The first kappa shape index (κ1) is 21.6. The maximum Gasteiger partial charge on any atom is 0.262 e. The number of fused-ring (bicyclic) bond motifs is 1. The van der Waals surface area contributed by atoms with Crippen LogP contribution in [0.3, 0.4) is 0 Å². The molecular weight excluding hydrogens is 426 g/mol. The number of carbonyl (C=O) groups is 1. The van der Waals surface area contributed by atoms with Crippen LogP contribution in [0.4, 0.5) is 0 Å². The lowest BCUT2D eigenvalue weighted by molar-refractivity contribution is 0.0954. The first-order valence-electron chi connectivity index (χ1n) is 10.5. The van der Waals surface area contributed by atoms with Crippen molar-refractivity contribution in [2.75, 3.05) is 6.54 Å². The molecule has 0 radical (unpaired) electrons. The average Bonchev–Trinajstić information content (AvgIpc) is 3.29. The van der Waals surface area contributed by atoms with Crippen molar-refractivity contribution in [1.29, 1.82) is 0 Å². The standard InChI is InChI=1S/C23H23N5O3S/c1-3-19-26-21(31-27-19)15-7-5-14(6-8-15)11-12-24-20(29)16-9-10-17-18(13-16)25-23(32)28(4-2)22(17)30/h5-10,13H,3-4,11-12H2,1-2H3,(H,24,29)(H,25,32). The van der Waals surface area contributed by atoms with Gasteiger partial charge in [-0.25, -0.2) is 0 Å². The molecule has 4 rings (SSSR count). The number of amides is 1. The predicted molar refractivity (Wildman–Crippen MR) is 124 cm³/mol. The van der Waals surface area contributed by atoms with Gasteiger partial charge in [0, 0.05) is 30.6 Å². The van der Waals surface area contributed by atoms with Gasteiger partial charge in [-0.2, -0.15) is 4.98 Å². The number of carbonyl (C=O) groups excluding carboxylic acids is 1. The second-order valence-corrected chi connectivity index (χ2v) is 7.70. The normalized spacial score (nSPS) is 11.1. The summed E-state index contributed by atoms with van der Waals surface area (Å²) in [7, 11) is 0. The molecule has 2 N–H and O–H groups in total. The summed E-state index contributed by atoms with van der Waals surface area (Å²) in [5, 5.41) is 7.33. The predicted octanol–water partition coefficient (Wildman–Crippen LogP) is 3.66. The van der Waals surface area contributed by atoms with E-state index in [2.05, 4.69) is 20.4 Å². The van der Waals surface area contributed by atoms with Crippen LogP contribution in [0.15, 0.2) is 51.8 Å². The van der Waals surface area contributed by atoms with E-state index in [9.17, 15) is 9.59 Å². The van der Waals surface area contributed by atoms with Gasteiger partial charge >= 0.3 is 0 Å². The van der Waals surface area contributed by atoms with Gasteiger partial charge in [0.2, 0.25) is 0 Å². The van der Waals surface area contributed by atoms with Gasteiger partial charge in [0.15, 0.2) is 10.6 Å².